The van der Waals surface area contributed by atoms with Crippen molar-refractivity contribution in [2.75, 3.05) is 5.75 Å². The zero-order valence-corrected chi connectivity index (χ0v) is 15.8. The molecule has 0 fully saturated rings. The molecule has 0 saturated carbocycles. The van der Waals surface area contributed by atoms with Gasteiger partial charge in [0.25, 0.3) is 0 Å². The van der Waals surface area contributed by atoms with Crippen molar-refractivity contribution >= 4 is 29.3 Å². The highest BCUT2D eigenvalue weighted by Crippen LogP contribution is 2.35. The first-order valence-corrected chi connectivity index (χ1v) is 9.55. The Kier molecular flexibility index (Phi) is 4.49. The van der Waals surface area contributed by atoms with Crippen molar-refractivity contribution in [2.24, 2.45) is 7.05 Å². The smallest absolute Gasteiger partial charge is 0.347 e. The maximum Gasteiger partial charge on any atom is 0.347 e. The lowest BCUT2D eigenvalue weighted by Crippen LogP contribution is -2.49. The number of nitrogens with zero attached hydrogens (tertiary/aromatic N) is 3. The molecule has 6 nitrogen and oxygen atoms in total. The van der Waals surface area contributed by atoms with E-state index < -0.39 is 5.97 Å². The van der Waals surface area contributed by atoms with Gasteiger partial charge in [-0.1, -0.05) is 48.0 Å². The topological polar surface area (TPSA) is 78.9 Å². The van der Waals surface area contributed by atoms with Crippen molar-refractivity contribution in [2.45, 2.75) is 11.2 Å². The summed E-state index contributed by atoms with van der Waals surface area (Å²) in [4.78, 5) is 29.3. The first-order chi connectivity index (χ1) is 13.0. The molecule has 3 aromatic rings. The molecule has 0 spiro atoms. The molecule has 1 aromatic carbocycles. The van der Waals surface area contributed by atoms with Crippen LogP contribution in [-0.4, -0.2) is 21.3 Å². The van der Waals surface area contributed by atoms with Crippen LogP contribution in [0.5, 0.6) is 0 Å². The standard InChI is InChI=1S/C19H14ClN3O3S/c1-22-16(18(25)26)15(11-5-3-2-4-6-11)17(24)23-13(10-27-19(22)23)12-7-8-14(20)21-9-12/h2-9,13H,10H2,1H3/t13-/m1/s1. The van der Waals surface area contributed by atoms with Crippen LogP contribution in [0.15, 0.2) is 58.6 Å². The van der Waals surface area contributed by atoms with Crippen LogP contribution in [0.3, 0.4) is 0 Å². The Labute approximate surface area is 164 Å². The first-order valence-electron chi connectivity index (χ1n) is 8.18. The van der Waals surface area contributed by atoms with Crippen LogP contribution < -0.4 is 15.2 Å². The molecule has 1 aliphatic heterocycles. The van der Waals surface area contributed by atoms with Crippen molar-refractivity contribution in [3.05, 3.63) is 75.4 Å². The van der Waals surface area contributed by atoms with E-state index in [2.05, 4.69) is 4.98 Å². The molecular formula is C19H14ClN3O3S. The second kappa shape index (κ2) is 6.83. The number of aromatic carboxylic acids is 1. The number of carbonyl (C=O) groups excluding carboxylic acids is 1. The van der Waals surface area contributed by atoms with E-state index in [-0.39, 0.29) is 22.9 Å². The van der Waals surface area contributed by atoms with E-state index in [0.717, 1.165) is 5.56 Å². The van der Waals surface area contributed by atoms with Gasteiger partial charge in [0, 0.05) is 11.8 Å². The second-order valence-electron chi connectivity index (χ2n) is 6.13. The van der Waals surface area contributed by atoms with Gasteiger partial charge in [-0.05, 0) is 23.4 Å². The van der Waals surface area contributed by atoms with E-state index in [9.17, 15) is 14.7 Å². The van der Waals surface area contributed by atoms with E-state index in [4.69, 9.17) is 11.6 Å². The Hall–Kier alpha value is -2.64. The van der Waals surface area contributed by atoms with Gasteiger partial charge in [-0.2, -0.15) is 4.57 Å². The number of hydrogen-bond acceptors (Lipinski definition) is 5. The van der Waals surface area contributed by atoms with E-state index >= 15 is 0 Å². The zero-order valence-electron chi connectivity index (χ0n) is 14.3. The normalized spacial score (nSPS) is 15.6. The van der Waals surface area contributed by atoms with Crippen LogP contribution in [0.4, 0.5) is 0 Å². The van der Waals surface area contributed by atoms with Gasteiger partial charge in [0.1, 0.15) is 22.7 Å². The minimum absolute atomic E-state index is 0.122. The third-order valence-electron chi connectivity index (χ3n) is 4.57. The molecule has 0 bridgehead atoms. The van der Waals surface area contributed by atoms with Gasteiger partial charge < -0.3 is 9.90 Å². The molecule has 0 saturated heterocycles. The van der Waals surface area contributed by atoms with E-state index in [1.165, 1.54) is 16.3 Å². The number of carbonyl (C=O) groups is 1. The lowest BCUT2D eigenvalue weighted by molar-refractivity contribution is -0.718. The summed E-state index contributed by atoms with van der Waals surface area (Å²) in [5, 5.41) is 12.8. The Balaban J connectivity index is 2.01. The molecule has 2 aromatic heterocycles. The van der Waals surface area contributed by atoms with Gasteiger partial charge in [-0.3, -0.25) is 0 Å². The highest BCUT2D eigenvalue weighted by atomic mass is 35.5. The van der Waals surface area contributed by atoms with Crippen LogP contribution in [0.2, 0.25) is 5.15 Å². The third kappa shape index (κ3) is 2.93. The second-order valence-corrected chi connectivity index (χ2v) is 7.51. The molecule has 0 unspecified atom stereocenters. The van der Waals surface area contributed by atoms with Gasteiger partial charge in [0.15, 0.2) is 5.69 Å². The van der Waals surface area contributed by atoms with Crippen LogP contribution in [-0.2, 0) is 7.05 Å². The summed E-state index contributed by atoms with van der Waals surface area (Å²) in [5.74, 6) is -0.786. The molecule has 1 aliphatic rings. The molecule has 8 heteroatoms. The van der Waals surface area contributed by atoms with Crippen LogP contribution in [0.25, 0.3) is 11.1 Å². The van der Waals surface area contributed by atoms with Crippen molar-refractivity contribution in [1.82, 2.24) is 9.55 Å². The molecule has 27 heavy (non-hydrogen) atoms. The monoisotopic (exact) mass is 399 g/mol. The summed E-state index contributed by atoms with van der Waals surface area (Å²) >= 11 is 7.30. The summed E-state index contributed by atoms with van der Waals surface area (Å²) in [6.45, 7) is 0. The van der Waals surface area contributed by atoms with Gasteiger partial charge in [0.05, 0.1) is 12.8 Å². The molecule has 1 atom stereocenters. The van der Waals surface area contributed by atoms with Gasteiger partial charge >= 0.3 is 10.7 Å². The van der Waals surface area contributed by atoms with E-state index in [0.29, 0.717) is 21.6 Å². The van der Waals surface area contributed by atoms with Crippen LogP contribution in [0, 0.1) is 0 Å². The predicted octanol–water partition coefficient (Wildman–Crippen LogP) is 1.45. The highest BCUT2D eigenvalue weighted by molar-refractivity contribution is 7.99. The number of carboxylic acids is 1. The number of thioether (sulfide) groups is 1. The number of aromatic nitrogens is 3. The summed E-state index contributed by atoms with van der Waals surface area (Å²) in [7, 11) is 1.64. The molecule has 4 rings (SSSR count). The Bertz CT molecular complexity index is 1100. The van der Waals surface area contributed by atoms with Crippen molar-refractivity contribution in [3.63, 3.8) is 0 Å². The summed E-state index contributed by atoms with van der Waals surface area (Å²) in [6, 6.07) is 12.0. The Morgan fingerprint density at radius 2 is 2.04 bits per heavy atom. The third-order valence-corrected chi connectivity index (χ3v) is 6.01. The van der Waals surface area contributed by atoms with Gasteiger partial charge in [0.2, 0.25) is 0 Å². The SMILES string of the molecule is C[n+]1c(C(=O)[O-])c(-c2ccccc2)c(=O)n2c1SC[C@@H]2c1ccc(Cl)nc1. The maximum atomic E-state index is 13.4. The lowest BCUT2D eigenvalue weighted by atomic mass is 10.0. The average Bonchev–Trinajstić information content (AvgIpc) is 3.11. The van der Waals surface area contributed by atoms with Crippen molar-refractivity contribution in [1.29, 1.82) is 0 Å². The minimum atomic E-state index is -1.38. The van der Waals surface area contributed by atoms with Crippen LogP contribution >= 0.6 is 23.4 Å². The van der Waals surface area contributed by atoms with Crippen molar-refractivity contribution < 1.29 is 14.5 Å². The largest absolute Gasteiger partial charge is 0.541 e. The summed E-state index contributed by atoms with van der Waals surface area (Å²) < 4.78 is 3.15. The fraction of sp³-hybridized carbons (Fsp3) is 0.158. The molecule has 0 amide bonds. The predicted molar refractivity (Wildman–Crippen MR) is 99.8 cm³/mol. The highest BCUT2D eigenvalue weighted by Gasteiger charge is 2.38. The summed E-state index contributed by atoms with van der Waals surface area (Å²) in [5.41, 5.74) is 1.01. The first kappa shape index (κ1) is 17.8. The molecule has 0 N–H and O–H groups in total. The number of hydrogen-bond donors (Lipinski definition) is 0. The number of pyridine rings is 1. The van der Waals surface area contributed by atoms with E-state index in [1.807, 2.05) is 12.1 Å². The molecule has 0 aliphatic carbocycles. The van der Waals surface area contributed by atoms with E-state index in [1.54, 1.807) is 48.1 Å². The Morgan fingerprint density at radius 1 is 1.30 bits per heavy atom. The lowest BCUT2D eigenvalue weighted by Gasteiger charge is -2.15. The molecular weight excluding hydrogens is 386 g/mol. The minimum Gasteiger partial charge on any atom is -0.541 e. The number of benzene rings is 1. The molecule has 3 heterocycles. The maximum absolute atomic E-state index is 13.4. The number of carboxylic acid groups (broad SMARTS) is 1. The number of halogens is 1. The average molecular weight is 400 g/mol. The van der Waals surface area contributed by atoms with Crippen LogP contribution in [0.1, 0.15) is 22.1 Å². The molecule has 0 radical (unpaired) electrons. The molecule has 136 valence electrons. The summed E-state index contributed by atoms with van der Waals surface area (Å²) in [6.07, 6.45) is 1.64. The van der Waals surface area contributed by atoms with Crippen molar-refractivity contribution in [3.8, 4) is 11.1 Å². The number of fused-ring (bicyclic) bond motifs is 1. The number of rotatable bonds is 3. The fourth-order valence-corrected chi connectivity index (χ4v) is 4.73. The van der Waals surface area contributed by atoms with Gasteiger partial charge in [-0.25, -0.2) is 14.3 Å². The van der Waals surface area contributed by atoms with Gasteiger partial charge in [-0.15, -0.1) is 0 Å². The quantitative estimate of drug-likeness (QED) is 0.378. The Morgan fingerprint density at radius 3 is 2.67 bits per heavy atom. The fourth-order valence-electron chi connectivity index (χ4n) is 3.34. The zero-order chi connectivity index (χ0) is 19.1.